The van der Waals surface area contributed by atoms with Crippen molar-refractivity contribution in [1.29, 1.82) is 0 Å². The zero-order valence-electron chi connectivity index (χ0n) is 14.0. The van der Waals surface area contributed by atoms with Crippen LogP contribution < -0.4 is 4.31 Å². The lowest BCUT2D eigenvalue weighted by Gasteiger charge is -2.28. The summed E-state index contributed by atoms with van der Waals surface area (Å²) < 4.78 is 25.6. The summed E-state index contributed by atoms with van der Waals surface area (Å²) in [7, 11) is -3.35. The largest absolute Gasteiger partial charge is 0.343 e. The fourth-order valence-corrected chi connectivity index (χ4v) is 4.01. The van der Waals surface area contributed by atoms with Gasteiger partial charge in [0.25, 0.3) is 0 Å². The number of benzene rings is 1. The quantitative estimate of drug-likeness (QED) is 0.801. The summed E-state index contributed by atoms with van der Waals surface area (Å²) in [5, 5.41) is 0. The van der Waals surface area contributed by atoms with E-state index in [1.165, 1.54) is 17.0 Å². The van der Waals surface area contributed by atoms with E-state index in [0.29, 0.717) is 25.1 Å². The van der Waals surface area contributed by atoms with Gasteiger partial charge < -0.3 is 4.90 Å². The molecule has 0 bridgehead atoms. The van der Waals surface area contributed by atoms with Crippen LogP contribution in [-0.2, 0) is 14.8 Å². The van der Waals surface area contributed by atoms with Gasteiger partial charge in [0, 0.05) is 26.1 Å². The van der Waals surface area contributed by atoms with E-state index in [9.17, 15) is 13.2 Å². The highest BCUT2D eigenvalue weighted by atomic mass is 32.2. The van der Waals surface area contributed by atoms with Crippen molar-refractivity contribution in [1.82, 2.24) is 4.90 Å². The highest BCUT2D eigenvalue weighted by Gasteiger charge is 2.20. The Morgan fingerprint density at radius 1 is 1.17 bits per heavy atom. The van der Waals surface area contributed by atoms with E-state index in [1.807, 2.05) is 36.1 Å². The molecule has 1 aliphatic rings. The first-order chi connectivity index (χ1) is 10.9. The van der Waals surface area contributed by atoms with E-state index in [-0.39, 0.29) is 5.91 Å². The number of para-hydroxylation sites is 1. The Kier molecular flexibility index (Phi) is 6.04. The average Bonchev–Trinajstić information content (AvgIpc) is 2.52. The minimum Gasteiger partial charge on any atom is -0.343 e. The van der Waals surface area contributed by atoms with Crippen LogP contribution in [0, 0.1) is 6.92 Å². The number of hydrogen-bond acceptors (Lipinski definition) is 3. The topological polar surface area (TPSA) is 57.7 Å². The number of carbonyl (C=O) groups excluding carboxylic acids is 1. The van der Waals surface area contributed by atoms with Crippen LogP contribution in [0.5, 0.6) is 0 Å². The van der Waals surface area contributed by atoms with Crippen molar-refractivity contribution < 1.29 is 13.2 Å². The van der Waals surface area contributed by atoms with Crippen LogP contribution in [0.1, 0.15) is 37.7 Å². The second kappa shape index (κ2) is 7.81. The molecule has 1 aromatic rings. The van der Waals surface area contributed by atoms with Crippen molar-refractivity contribution in [2.24, 2.45) is 0 Å². The van der Waals surface area contributed by atoms with Gasteiger partial charge in [0.2, 0.25) is 15.9 Å². The number of rotatable bonds is 6. The number of anilines is 1. The predicted molar refractivity (Wildman–Crippen MR) is 93.0 cm³/mol. The number of carbonyl (C=O) groups is 1. The van der Waals surface area contributed by atoms with Crippen LogP contribution in [0.2, 0.25) is 0 Å². The van der Waals surface area contributed by atoms with E-state index in [0.717, 1.165) is 31.5 Å². The summed E-state index contributed by atoms with van der Waals surface area (Å²) in [6, 6.07) is 7.42. The molecule has 1 amide bonds. The first-order valence-electron chi connectivity index (χ1n) is 8.21. The van der Waals surface area contributed by atoms with Gasteiger partial charge in [-0.05, 0) is 44.2 Å². The molecule has 6 heteroatoms. The highest BCUT2D eigenvalue weighted by Crippen LogP contribution is 2.22. The van der Waals surface area contributed by atoms with Crippen LogP contribution in [0.25, 0.3) is 0 Å². The third-order valence-corrected chi connectivity index (χ3v) is 5.43. The van der Waals surface area contributed by atoms with Gasteiger partial charge in [0.1, 0.15) is 0 Å². The van der Waals surface area contributed by atoms with E-state index >= 15 is 0 Å². The van der Waals surface area contributed by atoms with Gasteiger partial charge in [-0.3, -0.25) is 9.10 Å². The molecule has 0 aliphatic carbocycles. The van der Waals surface area contributed by atoms with Crippen LogP contribution in [0.4, 0.5) is 5.69 Å². The van der Waals surface area contributed by atoms with Crippen molar-refractivity contribution >= 4 is 21.6 Å². The molecule has 0 aromatic heterocycles. The minimum absolute atomic E-state index is 0.142. The lowest BCUT2D eigenvalue weighted by molar-refractivity contribution is -0.132. The molecule has 0 radical (unpaired) electrons. The molecular formula is C17H26N2O3S. The van der Waals surface area contributed by atoms with Gasteiger partial charge in [-0.15, -0.1) is 0 Å². The maximum Gasteiger partial charge on any atom is 0.232 e. The van der Waals surface area contributed by atoms with Gasteiger partial charge >= 0.3 is 0 Å². The van der Waals surface area contributed by atoms with Crippen molar-refractivity contribution in [2.75, 3.05) is 30.2 Å². The van der Waals surface area contributed by atoms with E-state index in [4.69, 9.17) is 0 Å². The van der Waals surface area contributed by atoms with E-state index in [1.54, 1.807) is 0 Å². The third kappa shape index (κ3) is 4.96. The summed E-state index contributed by atoms with van der Waals surface area (Å²) in [6.07, 6.45) is 5.49. The second-order valence-electron chi connectivity index (χ2n) is 6.17. The number of likely N-dealkylation sites (tertiary alicyclic amines) is 1. The van der Waals surface area contributed by atoms with Gasteiger partial charge in [0.15, 0.2) is 0 Å². The van der Waals surface area contributed by atoms with Crippen LogP contribution >= 0.6 is 0 Å². The summed E-state index contributed by atoms with van der Waals surface area (Å²) in [5.41, 5.74) is 1.61. The van der Waals surface area contributed by atoms with Gasteiger partial charge in [-0.25, -0.2) is 8.42 Å². The Morgan fingerprint density at radius 2 is 1.83 bits per heavy atom. The zero-order valence-corrected chi connectivity index (χ0v) is 14.8. The van der Waals surface area contributed by atoms with Crippen molar-refractivity contribution in [3.05, 3.63) is 29.8 Å². The summed E-state index contributed by atoms with van der Waals surface area (Å²) in [5.74, 6) is 0.142. The maximum atomic E-state index is 12.2. The molecule has 0 saturated carbocycles. The number of amides is 1. The van der Waals surface area contributed by atoms with Gasteiger partial charge in [-0.2, -0.15) is 0 Å². The minimum atomic E-state index is -3.35. The molecule has 0 spiro atoms. The molecule has 2 rings (SSSR count). The molecule has 1 saturated heterocycles. The SMILES string of the molecule is Cc1ccccc1N(CCCC(=O)N1CCCCC1)S(C)(=O)=O. The number of sulfonamides is 1. The van der Waals surface area contributed by atoms with Crippen LogP contribution in [0.15, 0.2) is 24.3 Å². The Balaban J connectivity index is 1.97. The smallest absolute Gasteiger partial charge is 0.232 e. The molecule has 1 aromatic carbocycles. The number of hydrogen-bond donors (Lipinski definition) is 0. The van der Waals surface area contributed by atoms with Crippen molar-refractivity contribution in [3.63, 3.8) is 0 Å². The monoisotopic (exact) mass is 338 g/mol. The van der Waals surface area contributed by atoms with E-state index < -0.39 is 10.0 Å². The summed E-state index contributed by atoms with van der Waals surface area (Å²) in [4.78, 5) is 14.1. The van der Waals surface area contributed by atoms with Crippen molar-refractivity contribution in [2.45, 2.75) is 39.0 Å². The summed E-state index contributed by atoms with van der Waals surface area (Å²) >= 11 is 0. The Labute approximate surface area is 139 Å². The fraction of sp³-hybridized carbons (Fsp3) is 0.588. The molecule has 23 heavy (non-hydrogen) atoms. The molecule has 0 unspecified atom stereocenters. The maximum absolute atomic E-state index is 12.2. The molecule has 5 nitrogen and oxygen atoms in total. The first-order valence-corrected chi connectivity index (χ1v) is 10.1. The lowest BCUT2D eigenvalue weighted by Crippen LogP contribution is -2.36. The third-order valence-electron chi connectivity index (χ3n) is 4.25. The number of aryl methyl sites for hydroxylation is 1. The Hall–Kier alpha value is -1.56. The van der Waals surface area contributed by atoms with Crippen LogP contribution in [0.3, 0.4) is 0 Å². The normalized spacial score (nSPS) is 15.5. The number of nitrogens with zero attached hydrogens (tertiary/aromatic N) is 2. The average molecular weight is 338 g/mol. The fourth-order valence-electron chi connectivity index (χ4n) is 2.98. The standard InChI is InChI=1S/C17H26N2O3S/c1-15-9-4-5-10-16(15)19(23(2,21)22)14-8-11-17(20)18-12-6-3-7-13-18/h4-5,9-10H,3,6-8,11-14H2,1-2H3. The molecule has 0 N–H and O–H groups in total. The second-order valence-corrected chi connectivity index (χ2v) is 8.07. The number of piperidine rings is 1. The predicted octanol–water partition coefficient (Wildman–Crippen LogP) is 2.55. The Morgan fingerprint density at radius 3 is 2.43 bits per heavy atom. The zero-order chi connectivity index (χ0) is 16.9. The first kappa shape index (κ1) is 17.8. The highest BCUT2D eigenvalue weighted by molar-refractivity contribution is 7.92. The molecule has 1 fully saturated rings. The molecule has 128 valence electrons. The molecule has 0 atom stereocenters. The summed E-state index contributed by atoms with van der Waals surface area (Å²) in [6.45, 7) is 3.91. The Bertz CT molecular complexity index is 637. The van der Waals surface area contributed by atoms with Crippen molar-refractivity contribution in [3.8, 4) is 0 Å². The van der Waals surface area contributed by atoms with E-state index in [2.05, 4.69) is 0 Å². The lowest BCUT2D eigenvalue weighted by atomic mass is 10.1. The van der Waals surface area contributed by atoms with Gasteiger partial charge in [-0.1, -0.05) is 18.2 Å². The van der Waals surface area contributed by atoms with Crippen LogP contribution in [-0.4, -0.2) is 45.1 Å². The van der Waals surface area contributed by atoms with Gasteiger partial charge in [0.05, 0.1) is 11.9 Å². The molecular weight excluding hydrogens is 312 g/mol. The molecule has 1 heterocycles. The molecule has 1 aliphatic heterocycles.